The number of nitrogens with zero attached hydrogens (tertiary/aromatic N) is 1. The maximum absolute atomic E-state index is 13.4. The van der Waals surface area contributed by atoms with Crippen molar-refractivity contribution in [2.75, 3.05) is 12.8 Å². The van der Waals surface area contributed by atoms with Gasteiger partial charge in [0.15, 0.2) is 0 Å². The van der Waals surface area contributed by atoms with Gasteiger partial charge in [0, 0.05) is 18.1 Å². The highest BCUT2D eigenvalue weighted by Gasteiger charge is 2.29. The highest BCUT2D eigenvalue weighted by atomic mass is 32.2. The lowest BCUT2D eigenvalue weighted by Gasteiger charge is -2.18. The van der Waals surface area contributed by atoms with Gasteiger partial charge in [-0.25, -0.2) is 13.9 Å². The van der Waals surface area contributed by atoms with Gasteiger partial charge in [-0.2, -0.15) is 0 Å². The minimum Gasteiger partial charge on any atom is -0.497 e. The van der Waals surface area contributed by atoms with Gasteiger partial charge >= 0.3 is 0 Å². The van der Waals surface area contributed by atoms with Crippen LogP contribution in [0.5, 0.6) is 5.75 Å². The first-order valence-electron chi connectivity index (χ1n) is 8.94. The number of nitrogens with one attached hydrogen (secondary N) is 1. The molecule has 0 atom stereocenters. The molecule has 0 saturated heterocycles. The van der Waals surface area contributed by atoms with Crippen LogP contribution in [0.15, 0.2) is 64.6 Å². The summed E-state index contributed by atoms with van der Waals surface area (Å²) in [6.45, 7) is 1.54. The Balaban J connectivity index is 2.20. The van der Waals surface area contributed by atoms with E-state index in [1.165, 1.54) is 49.8 Å². The van der Waals surface area contributed by atoms with Crippen molar-refractivity contribution in [1.29, 1.82) is 0 Å². The van der Waals surface area contributed by atoms with Crippen LogP contribution >= 0.6 is 0 Å². The number of sulfone groups is 1. The lowest BCUT2D eigenvalue weighted by molar-refractivity contribution is 0.0702. The number of benzene rings is 2. The lowest BCUT2D eigenvalue weighted by Crippen LogP contribution is -2.23. The molecule has 0 radical (unpaired) electrons. The van der Waals surface area contributed by atoms with E-state index in [9.17, 15) is 18.4 Å². The summed E-state index contributed by atoms with van der Waals surface area (Å²) in [5.74, 6) is -0.452. The number of pyridine rings is 1. The monoisotopic (exact) mass is 427 g/mol. The van der Waals surface area contributed by atoms with E-state index in [-0.39, 0.29) is 26.6 Å². The second kappa shape index (κ2) is 8.52. The Bertz CT molecular complexity index is 1180. The second-order valence-corrected chi connectivity index (χ2v) is 8.49. The molecule has 0 aliphatic rings. The van der Waals surface area contributed by atoms with E-state index in [0.29, 0.717) is 17.7 Å². The van der Waals surface area contributed by atoms with Crippen LogP contribution in [0.4, 0.5) is 5.69 Å². The van der Waals surface area contributed by atoms with Crippen LogP contribution in [0.2, 0.25) is 0 Å². The number of hydrogen-bond acceptors (Lipinski definition) is 7. The van der Waals surface area contributed by atoms with Gasteiger partial charge in [0.2, 0.25) is 9.84 Å². The van der Waals surface area contributed by atoms with Gasteiger partial charge in [0.05, 0.1) is 22.5 Å². The number of ether oxygens (including phenoxy) is 1. The molecule has 8 nitrogen and oxygen atoms in total. The van der Waals surface area contributed by atoms with Gasteiger partial charge in [-0.15, -0.1) is 0 Å². The maximum Gasteiger partial charge on any atom is 0.275 e. The molecule has 1 aromatic heterocycles. The first-order valence-corrected chi connectivity index (χ1v) is 10.4. The summed E-state index contributed by atoms with van der Waals surface area (Å²) in [5.41, 5.74) is 9.54. The molecular formula is C21H21N3O5S. The summed E-state index contributed by atoms with van der Waals surface area (Å²) >= 11 is 0. The predicted molar refractivity (Wildman–Crippen MR) is 110 cm³/mol. The number of carbonyl (C=O) groups is 1. The fourth-order valence-electron chi connectivity index (χ4n) is 3.20. The first-order chi connectivity index (χ1) is 14.3. The van der Waals surface area contributed by atoms with E-state index in [2.05, 4.69) is 4.98 Å². The maximum atomic E-state index is 13.4. The number of carbonyl (C=O) groups excluding carboxylic acids is 1. The lowest BCUT2D eigenvalue weighted by atomic mass is 9.98. The van der Waals surface area contributed by atoms with Crippen molar-refractivity contribution < 1.29 is 23.2 Å². The van der Waals surface area contributed by atoms with Crippen LogP contribution in [0.1, 0.15) is 27.0 Å². The van der Waals surface area contributed by atoms with Crippen molar-refractivity contribution in [1.82, 2.24) is 10.5 Å². The summed E-state index contributed by atoms with van der Waals surface area (Å²) in [5, 5.41) is 9.21. The van der Waals surface area contributed by atoms with Gasteiger partial charge in [0.25, 0.3) is 5.91 Å². The average molecular weight is 427 g/mol. The molecule has 2 aromatic carbocycles. The van der Waals surface area contributed by atoms with Crippen LogP contribution < -0.4 is 16.0 Å². The third-order valence-electron chi connectivity index (χ3n) is 4.78. The standard InChI is InChI=1S/C21H21N3O5S/c1-13-19(22)15(11-14-7-9-23-10-8-14)12-18(21(25)24-26)20(13)30(27,28)17-5-3-16(29-2)4-6-17/h3-10,12,26H,11,22H2,1-2H3,(H,24,25). The third-order valence-corrected chi connectivity index (χ3v) is 6.74. The number of hydroxylamine groups is 1. The van der Waals surface area contributed by atoms with E-state index in [1.807, 2.05) is 0 Å². The number of anilines is 1. The zero-order valence-corrected chi connectivity index (χ0v) is 17.2. The van der Waals surface area contributed by atoms with E-state index in [4.69, 9.17) is 10.5 Å². The smallest absolute Gasteiger partial charge is 0.275 e. The van der Waals surface area contributed by atoms with Crippen LogP contribution in [-0.4, -0.2) is 31.6 Å². The van der Waals surface area contributed by atoms with Gasteiger partial charge in [0.1, 0.15) is 5.75 Å². The molecule has 0 spiro atoms. The first kappa shape index (κ1) is 21.3. The van der Waals surface area contributed by atoms with Crippen LogP contribution in [0, 0.1) is 6.92 Å². The van der Waals surface area contributed by atoms with Crippen molar-refractivity contribution in [3.63, 3.8) is 0 Å². The van der Waals surface area contributed by atoms with Crippen molar-refractivity contribution >= 4 is 21.4 Å². The number of nitrogen functional groups attached to an aromatic ring is 1. The zero-order valence-electron chi connectivity index (χ0n) is 16.4. The Morgan fingerprint density at radius 1 is 1.17 bits per heavy atom. The molecule has 1 amide bonds. The SMILES string of the molecule is COc1ccc(S(=O)(=O)c2c(C(=O)NO)cc(Cc3ccncc3)c(N)c2C)cc1. The second-order valence-electron chi connectivity index (χ2n) is 6.60. The summed E-state index contributed by atoms with van der Waals surface area (Å²) in [4.78, 5) is 16.1. The van der Waals surface area contributed by atoms with E-state index < -0.39 is 15.7 Å². The highest BCUT2D eigenvalue weighted by Crippen LogP contribution is 2.34. The number of aromatic nitrogens is 1. The zero-order chi connectivity index (χ0) is 21.9. The van der Waals surface area contributed by atoms with Gasteiger partial charge in [-0.3, -0.25) is 15.0 Å². The molecule has 0 aliphatic carbocycles. The molecule has 3 aromatic rings. The van der Waals surface area contributed by atoms with E-state index in [0.717, 1.165) is 5.56 Å². The molecule has 4 N–H and O–H groups in total. The largest absolute Gasteiger partial charge is 0.497 e. The molecular weight excluding hydrogens is 406 g/mol. The number of hydrogen-bond donors (Lipinski definition) is 3. The topological polar surface area (TPSA) is 132 Å². The number of rotatable bonds is 6. The number of amides is 1. The quantitative estimate of drug-likeness (QED) is 0.313. The number of methoxy groups -OCH3 is 1. The number of nitrogens with two attached hydrogens (primary N) is 1. The van der Waals surface area contributed by atoms with Gasteiger partial charge in [-0.1, -0.05) is 0 Å². The Morgan fingerprint density at radius 2 is 1.80 bits per heavy atom. The van der Waals surface area contributed by atoms with Crippen molar-refractivity contribution in [3.05, 3.63) is 77.1 Å². The van der Waals surface area contributed by atoms with E-state index in [1.54, 1.807) is 24.5 Å². The van der Waals surface area contributed by atoms with Crippen LogP contribution in [0.25, 0.3) is 0 Å². The molecule has 0 fully saturated rings. The molecule has 0 aliphatic heterocycles. The highest BCUT2D eigenvalue weighted by molar-refractivity contribution is 7.91. The molecule has 9 heteroatoms. The fraction of sp³-hybridized carbons (Fsp3) is 0.143. The summed E-state index contributed by atoms with van der Waals surface area (Å²) < 4.78 is 31.8. The van der Waals surface area contributed by atoms with Gasteiger partial charge in [-0.05, 0) is 72.5 Å². The molecule has 1 heterocycles. The molecule has 156 valence electrons. The van der Waals surface area contributed by atoms with Crippen LogP contribution in [0.3, 0.4) is 0 Å². The minimum atomic E-state index is -4.11. The van der Waals surface area contributed by atoms with Crippen molar-refractivity contribution in [2.45, 2.75) is 23.1 Å². The Kier molecular flexibility index (Phi) is 6.04. The average Bonchev–Trinajstić information content (AvgIpc) is 2.76. The Hall–Kier alpha value is -3.43. The van der Waals surface area contributed by atoms with E-state index >= 15 is 0 Å². The van der Waals surface area contributed by atoms with Crippen LogP contribution in [-0.2, 0) is 16.3 Å². The van der Waals surface area contributed by atoms with Crippen molar-refractivity contribution in [3.8, 4) is 5.75 Å². The molecule has 0 saturated carbocycles. The molecule has 0 bridgehead atoms. The molecule has 30 heavy (non-hydrogen) atoms. The van der Waals surface area contributed by atoms with Gasteiger partial charge < -0.3 is 10.5 Å². The third kappa shape index (κ3) is 3.98. The summed E-state index contributed by atoms with van der Waals surface area (Å²) in [7, 11) is -2.64. The summed E-state index contributed by atoms with van der Waals surface area (Å²) in [6, 6.07) is 10.8. The summed E-state index contributed by atoms with van der Waals surface area (Å²) in [6.07, 6.45) is 3.62. The minimum absolute atomic E-state index is 0.0281. The molecule has 0 unspecified atom stereocenters. The normalized spacial score (nSPS) is 11.2. The Labute approximate surface area is 174 Å². The van der Waals surface area contributed by atoms with Crippen molar-refractivity contribution in [2.24, 2.45) is 0 Å². The fourth-order valence-corrected chi connectivity index (χ4v) is 4.88. The Morgan fingerprint density at radius 3 is 2.37 bits per heavy atom. The predicted octanol–water partition coefficient (Wildman–Crippen LogP) is 2.52. The molecule has 3 rings (SSSR count).